The van der Waals surface area contributed by atoms with Crippen LogP contribution in [0.2, 0.25) is 0 Å². The summed E-state index contributed by atoms with van der Waals surface area (Å²) in [6, 6.07) is 15.1. The van der Waals surface area contributed by atoms with Crippen molar-refractivity contribution in [3.63, 3.8) is 0 Å². The Kier molecular flexibility index (Phi) is 4.71. The van der Waals surface area contributed by atoms with E-state index in [1.54, 1.807) is 7.11 Å². The van der Waals surface area contributed by atoms with Crippen LogP contribution in [0, 0.1) is 0 Å². The number of methoxy groups -OCH3 is 1. The fraction of sp³-hybridized carbons (Fsp3) is 0.389. The summed E-state index contributed by atoms with van der Waals surface area (Å²) in [6.45, 7) is 4.04. The number of benzene rings is 1. The number of rotatable bonds is 4. The largest absolute Gasteiger partial charge is 0.497 e. The molecule has 4 nitrogen and oxygen atoms in total. The summed E-state index contributed by atoms with van der Waals surface area (Å²) in [5.41, 5.74) is 2.43. The lowest BCUT2D eigenvalue weighted by atomic mass is 10.0. The highest BCUT2D eigenvalue weighted by Crippen LogP contribution is 2.26. The van der Waals surface area contributed by atoms with Gasteiger partial charge in [0.05, 0.1) is 12.8 Å². The van der Waals surface area contributed by atoms with Gasteiger partial charge < -0.3 is 9.64 Å². The molecule has 1 aliphatic heterocycles. The van der Waals surface area contributed by atoms with E-state index in [0.29, 0.717) is 6.04 Å². The molecule has 1 aromatic heterocycles. The monoisotopic (exact) mass is 297 g/mol. The Hall–Kier alpha value is -1.91. The van der Waals surface area contributed by atoms with Crippen LogP contribution in [0.25, 0.3) is 0 Å². The third kappa shape index (κ3) is 3.46. The van der Waals surface area contributed by atoms with Crippen LogP contribution in [0.3, 0.4) is 0 Å². The molecule has 22 heavy (non-hydrogen) atoms. The summed E-state index contributed by atoms with van der Waals surface area (Å²) >= 11 is 0. The Bertz CT molecular complexity index is 602. The van der Waals surface area contributed by atoms with E-state index in [1.165, 1.54) is 5.56 Å². The first-order valence-corrected chi connectivity index (χ1v) is 7.73. The van der Waals surface area contributed by atoms with Crippen molar-refractivity contribution in [1.82, 2.24) is 14.8 Å². The maximum Gasteiger partial charge on any atom is 0.122 e. The topological polar surface area (TPSA) is 28.6 Å². The average molecular weight is 297 g/mol. The minimum atomic E-state index is 0.410. The number of hydrogen-bond acceptors (Lipinski definition) is 4. The van der Waals surface area contributed by atoms with Crippen molar-refractivity contribution in [1.29, 1.82) is 0 Å². The van der Waals surface area contributed by atoms with Gasteiger partial charge in [0.15, 0.2) is 0 Å². The lowest BCUT2D eigenvalue weighted by Crippen LogP contribution is -2.46. The zero-order valence-corrected chi connectivity index (χ0v) is 13.3. The molecule has 2 aromatic rings. The lowest BCUT2D eigenvalue weighted by molar-refractivity contribution is 0.0822. The first-order valence-electron chi connectivity index (χ1n) is 7.73. The van der Waals surface area contributed by atoms with Crippen LogP contribution in [0.4, 0.5) is 0 Å². The van der Waals surface area contributed by atoms with Crippen LogP contribution in [-0.4, -0.2) is 48.6 Å². The number of nitrogens with zero attached hydrogens (tertiary/aromatic N) is 3. The van der Waals surface area contributed by atoms with Crippen LogP contribution in [0.15, 0.2) is 48.7 Å². The molecule has 1 aliphatic rings. The fourth-order valence-electron chi connectivity index (χ4n) is 3.02. The molecule has 2 heterocycles. The molecule has 116 valence electrons. The van der Waals surface area contributed by atoms with Gasteiger partial charge in [0.2, 0.25) is 0 Å². The molecule has 0 saturated carbocycles. The van der Waals surface area contributed by atoms with Gasteiger partial charge in [-0.05, 0) is 18.7 Å². The number of pyridine rings is 1. The molecule has 1 aromatic carbocycles. The zero-order valence-electron chi connectivity index (χ0n) is 13.3. The molecule has 0 spiro atoms. The highest BCUT2D eigenvalue weighted by atomic mass is 16.5. The first kappa shape index (κ1) is 15.0. The van der Waals surface area contributed by atoms with E-state index in [4.69, 9.17) is 4.74 Å². The molecule has 0 amide bonds. The lowest BCUT2D eigenvalue weighted by Gasteiger charge is -2.40. The standard InChI is InChI=1S/C18H23N3O/c1-20-10-11-21(13-16-12-17(22-2)8-9-19-16)18(14-20)15-6-4-3-5-7-15/h3-9,12,18H,10-11,13-14H2,1-2H3. The first-order chi connectivity index (χ1) is 10.8. The molecule has 1 fully saturated rings. The maximum absolute atomic E-state index is 5.31. The van der Waals surface area contributed by atoms with Gasteiger partial charge in [0, 0.05) is 44.5 Å². The van der Waals surface area contributed by atoms with Crippen LogP contribution in [-0.2, 0) is 6.54 Å². The van der Waals surface area contributed by atoms with E-state index in [1.807, 2.05) is 18.3 Å². The van der Waals surface area contributed by atoms with Crippen molar-refractivity contribution in [2.24, 2.45) is 0 Å². The van der Waals surface area contributed by atoms with E-state index in [0.717, 1.165) is 37.6 Å². The van der Waals surface area contributed by atoms with Gasteiger partial charge in [-0.1, -0.05) is 30.3 Å². The molecule has 0 radical (unpaired) electrons. The van der Waals surface area contributed by atoms with Crippen LogP contribution < -0.4 is 4.74 Å². The van der Waals surface area contributed by atoms with Crippen LogP contribution in [0.1, 0.15) is 17.3 Å². The molecule has 1 atom stereocenters. The number of hydrogen-bond donors (Lipinski definition) is 0. The molecular weight excluding hydrogens is 274 g/mol. The fourth-order valence-corrected chi connectivity index (χ4v) is 3.02. The van der Waals surface area contributed by atoms with Crippen molar-refractivity contribution < 1.29 is 4.74 Å². The minimum Gasteiger partial charge on any atom is -0.497 e. The highest BCUT2D eigenvalue weighted by Gasteiger charge is 2.26. The molecule has 1 unspecified atom stereocenters. The predicted molar refractivity (Wildman–Crippen MR) is 87.9 cm³/mol. The van der Waals surface area contributed by atoms with Gasteiger partial charge in [-0.3, -0.25) is 9.88 Å². The zero-order chi connectivity index (χ0) is 15.4. The van der Waals surface area contributed by atoms with E-state index >= 15 is 0 Å². The molecule has 0 N–H and O–H groups in total. The molecule has 0 aliphatic carbocycles. The third-order valence-corrected chi connectivity index (χ3v) is 4.27. The number of ether oxygens (including phenoxy) is 1. The molecular formula is C18H23N3O. The van der Waals surface area contributed by atoms with Crippen LogP contribution >= 0.6 is 0 Å². The Morgan fingerprint density at radius 1 is 1.18 bits per heavy atom. The second-order valence-corrected chi connectivity index (χ2v) is 5.85. The summed E-state index contributed by atoms with van der Waals surface area (Å²) < 4.78 is 5.31. The third-order valence-electron chi connectivity index (χ3n) is 4.27. The average Bonchev–Trinajstić information content (AvgIpc) is 2.57. The Morgan fingerprint density at radius 3 is 2.77 bits per heavy atom. The van der Waals surface area contributed by atoms with E-state index in [-0.39, 0.29) is 0 Å². The number of likely N-dealkylation sites (N-methyl/N-ethyl adjacent to an activating group) is 1. The Labute approximate surface area is 132 Å². The smallest absolute Gasteiger partial charge is 0.122 e. The van der Waals surface area contributed by atoms with Crippen molar-refractivity contribution in [2.45, 2.75) is 12.6 Å². The van der Waals surface area contributed by atoms with Gasteiger partial charge in [0.1, 0.15) is 5.75 Å². The minimum absolute atomic E-state index is 0.410. The Morgan fingerprint density at radius 2 is 2.00 bits per heavy atom. The van der Waals surface area contributed by atoms with Gasteiger partial charge in [-0.25, -0.2) is 0 Å². The van der Waals surface area contributed by atoms with Gasteiger partial charge in [-0.2, -0.15) is 0 Å². The summed E-state index contributed by atoms with van der Waals surface area (Å²) in [7, 11) is 3.89. The predicted octanol–water partition coefficient (Wildman–Crippen LogP) is 2.58. The maximum atomic E-state index is 5.31. The second kappa shape index (κ2) is 6.90. The summed E-state index contributed by atoms with van der Waals surface area (Å²) in [5.74, 6) is 0.871. The van der Waals surface area contributed by atoms with E-state index in [9.17, 15) is 0 Å². The van der Waals surface area contributed by atoms with E-state index < -0.39 is 0 Å². The van der Waals surface area contributed by atoms with E-state index in [2.05, 4.69) is 52.2 Å². The highest BCUT2D eigenvalue weighted by molar-refractivity contribution is 5.24. The van der Waals surface area contributed by atoms with Gasteiger partial charge in [0.25, 0.3) is 0 Å². The summed E-state index contributed by atoms with van der Waals surface area (Å²) in [4.78, 5) is 9.40. The quantitative estimate of drug-likeness (QED) is 0.867. The molecule has 1 saturated heterocycles. The van der Waals surface area contributed by atoms with Gasteiger partial charge in [-0.15, -0.1) is 0 Å². The SMILES string of the molecule is COc1ccnc(CN2CCN(C)CC2c2ccccc2)c1. The summed E-state index contributed by atoms with van der Waals surface area (Å²) in [5, 5.41) is 0. The number of aromatic nitrogens is 1. The van der Waals surface area contributed by atoms with Crippen molar-refractivity contribution in [2.75, 3.05) is 33.8 Å². The number of piperazine rings is 1. The Balaban J connectivity index is 1.80. The normalized spacial score (nSPS) is 20.0. The van der Waals surface area contributed by atoms with Crippen molar-refractivity contribution in [3.05, 3.63) is 59.9 Å². The molecule has 4 heteroatoms. The van der Waals surface area contributed by atoms with Gasteiger partial charge >= 0.3 is 0 Å². The van der Waals surface area contributed by atoms with Crippen molar-refractivity contribution in [3.8, 4) is 5.75 Å². The summed E-state index contributed by atoms with van der Waals surface area (Å²) in [6.07, 6.45) is 1.82. The van der Waals surface area contributed by atoms with Crippen LogP contribution in [0.5, 0.6) is 5.75 Å². The molecule has 3 rings (SSSR count). The van der Waals surface area contributed by atoms with Crippen molar-refractivity contribution >= 4 is 0 Å². The second-order valence-electron chi connectivity index (χ2n) is 5.85. The molecule has 0 bridgehead atoms.